The molecular formula is C16H24N4O4. The summed E-state index contributed by atoms with van der Waals surface area (Å²) in [5.74, 6) is -0.754. The van der Waals surface area contributed by atoms with E-state index < -0.39 is 16.9 Å². The zero-order valence-corrected chi connectivity index (χ0v) is 14.0. The second-order valence-electron chi connectivity index (χ2n) is 5.67. The fourth-order valence-electron chi connectivity index (χ4n) is 2.16. The van der Waals surface area contributed by atoms with Gasteiger partial charge in [0.15, 0.2) is 0 Å². The van der Waals surface area contributed by atoms with Crippen molar-refractivity contribution in [2.75, 3.05) is 11.9 Å². The van der Waals surface area contributed by atoms with Gasteiger partial charge in [0, 0.05) is 30.8 Å². The maximum Gasteiger partial charge on any atom is 0.269 e. The average Bonchev–Trinajstić information content (AvgIpc) is 2.56. The number of amides is 2. The van der Waals surface area contributed by atoms with Crippen LogP contribution < -0.4 is 16.4 Å². The van der Waals surface area contributed by atoms with Gasteiger partial charge in [-0.15, -0.1) is 0 Å². The van der Waals surface area contributed by atoms with Crippen molar-refractivity contribution in [3.63, 3.8) is 0 Å². The summed E-state index contributed by atoms with van der Waals surface area (Å²) in [4.78, 5) is 33.4. The van der Waals surface area contributed by atoms with Crippen molar-refractivity contribution in [3.05, 3.63) is 34.4 Å². The summed E-state index contributed by atoms with van der Waals surface area (Å²) >= 11 is 0. The molecule has 0 heterocycles. The summed E-state index contributed by atoms with van der Waals surface area (Å²) in [5.41, 5.74) is 6.09. The highest BCUT2D eigenvalue weighted by atomic mass is 16.6. The number of hydrogen-bond acceptors (Lipinski definition) is 5. The first-order valence-corrected chi connectivity index (χ1v) is 7.92. The Kier molecular flexibility index (Phi) is 7.67. The Bertz CT molecular complexity index is 574. The molecule has 4 N–H and O–H groups in total. The summed E-state index contributed by atoms with van der Waals surface area (Å²) in [6.45, 7) is 4.34. The maximum absolute atomic E-state index is 11.9. The van der Waals surface area contributed by atoms with Gasteiger partial charge in [-0.2, -0.15) is 0 Å². The average molecular weight is 336 g/mol. The van der Waals surface area contributed by atoms with Crippen LogP contribution in [0.15, 0.2) is 24.3 Å². The number of carbonyl (C=O) groups is 2. The quantitative estimate of drug-likeness (QED) is 0.341. The standard InChI is InChI=1S/C16H24N4O4/c1-3-11(2)15(16(17)22)19-14(21)5-4-10-18-12-6-8-13(9-7-12)20(23)24/h6-9,11,15,18H,3-5,10H2,1-2H3,(H2,17,22)(H,19,21). The van der Waals surface area contributed by atoms with E-state index >= 15 is 0 Å². The predicted octanol–water partition coefficient (Wildman–Crippen LogP) is 1.80. The van der Waals surface area contributed by atoms with E-state index in [-0.39, 0.29) is 23.9 Å². The van der Waals surface area contributed by atoms with Gasteiger partial charge in [-0.1, -0.05) is 20.3 Å². The fraction of sp³-hybridized carbons (Fsp3) is 0.500. The van der Waals surface area contributed by atoms with Crippen LogP contribution in [0.3, 0.4) is 0 Å². The molecule has 0 fully saturated rings. The summed E-state index contributed by atoms with van der Waals surface area (Å²) in [7, 11) is 0. The molecule has 0 aliphatic heterocycles. The maximum atomic E-state index is 11.9. The molecule has 0 spiro atoms. The van der Waals surface area contributed by atoms with Gasteiger partial charge in [0.05, 0.1) is 4.92 Å². The summed E-state index contributed by atoms with van der Waals surface area (Å²) < 4.78 is 0. The van der Waals surface area contributed by atoms with Gasteiger partial charge in [0.2, 0.25) is 11.8 Å². The Morgan fingerprint density at radius 3 is 2.42 bits per heavy atom. The van der Waals surface area contributed by atoms with Crippen molar-refractivity contribution in [1.82, 2.24) is 5.32 Å². The number of rotatable bonds is 10. The lowest BCUT2D eigenvalue weighted by atomic mass is 9.98. The van der Waals surface area contributed by atoms with Crippen molar-refractivity contribution in [1.29, 1.82) is 0 Å². The van der Waals surface area contributed by atoms with Crippen LogP contribution in [0.1, 0.15) is 33.1 Å². The number of nitro benzene ring substituents is 1. The minimum absolute atomic E-state index is 0.00955. The number of nitrogens with zero attached hydrogens (tertiary/aromatic N) is 1. The molecule has 0 aliphatic carbocycles. The van der Waals surface area contributed by atoms with Gasteiger partial charge in [-0.3, -0.25) is 19.7 Å². The summed E-state index contributed by atoms with van der Waals surface area (Å²) in [6.07, 6.45) is 1.57. The van der Waals surface area contributed by atoms with E-state index in [1.54, 1.807) is 12.1 Å². The number of carbonyl (C=O) groups excluding carboxylic acids is 2. The highest BCUT2D eigenvalue weighted by Gasteiger charge is 2.23. The number of hydrogen-bond donors (Lipinski definition) is 3. The second kappa shape index (κ2) is 9.49. The molecule has 0 aliphatic rings. The van der Waals surface area contributed by atoms with Crippen LogP contribution in [0.25, 0.3) is 0 Å². The van der Waals surface area contributed by atoms with Gasteiger partial charge in [-0.25, -0.2) is 0 Å². The first-order chi connectivity index (χ1) is 11.3. The van der Waals surface area contributed by atoms with E-state index in [4.69, 9.17) is 5.73 Å². The molecule has 1 aromatic rings. The number of nitro groups is 1. The van der Waals surface area contributed by atoms with Crippen molar-refractivity contribution < 1.29 is 14.5 Å². The minimum Gasteiger partial charge on any atom is -0.385 e. The Morgan fingerprint density at radius 1 is 1.29 bits per heavy atom. The molecule has 1 rings (SSSR count). The molecule has 0 aromatic heterocycles. The number of nitrogens with two attached hydrogens (primary N) is 1. The van der Waals surface area contributed by atoms with Gasteiger partial charge in [0.1, 0.15) is 6.04 Å². The Balaban J connectivity index is 2.34. The van der Waals surface area contributed by atoms with Crippen molar-refractivity contribution in [2.24, 2.45) is 11.7 Å². The molecule has 2 unspecified atom stereocenters. The third-order valence-electron chi connectivity index (χ3n) is 3.82. The van der Waals surface area contributed by atoms with Gasteiger partial charge in [0.25, 0.3) is 5.69 Å². The molecular weight excluding hydrogens is 312 g/mol. The first-order valence-electron chi connectivity index (χ1n) is 7.92. The van der Waals surface area contributed by atoms with E-state index in [2.05, 4.69) is 10.6 Å². The van der Waals surface area contributed by atoms with Crippen molar-refractivity contribution >= 4 is 23.2 Å². The lowest BCUT2D eigenvalue weighted by Gasteiger charge is -2.21. The van der Waals surface area contributed by atoms with Crippen LogP contribution in [0.4, 0.5) is 11.4 Å². The smallest absolute Gasteiger partial charge is 0.269 e. The normalized spacial score (nSPS) is 12.9. The van der Waals surface area contributed by atoms with E-state index in [1.807, 2.05) is 13.8 Å². The number of benzene rings is 1. The molecule has 0 bridgehead atoms. The third-order valence-corrected chi connectivity index (χ3v) is 3.82. The number of non-ortho nitro benzene ring substituents is 1. The molecule has 8 heteroatoms. The van der Waals surface area contributed by atoms with E-state index in [9.17, 15) is 19.7 Å². The molecule has 132 valence electrons. The van der Waals surface area contributed by atoms with E-state index in [1.165, 1.54) is 12.1 Å². The first kappa shape index (κ1) is 19.4. The highest BCUT2D eigenvalue weighted by molar-refractivity contribution is 5.86. The number of nitrogens with one attached hydrogen (secondary N) is 2. The fourth-order valence-corrected chi connectivity index (χ4v) is 2.16. The van der Waals surface area contributed by atoms with Crippen LogP contribution in [0.5, 0.6) is 0 Å². The minimum atomic E-state index is -0.648. The number of anilines is 1. The Labute approximate surface area is 140 Å². The molecule has 2 amide bonds. The van der Waals surface area contributed by atoms with Crippen LogP contribution in [-0.2, 0) is 9.59 Å². The Hall–Kier alpha value is -2.64. The van der Waals surface area contributed by atoms with Crippen LogP contribution >= 0.6 is 0 Å². The molecule has 1 aromatic carbocycles. The van der Waals surface area contributed by atoms with Gasteiger partial charge in [-0.05, 0) is 24.5 Å². The SMILES string of the molecule is CCC(C)C(NC(=O)CCCNc1ccc([N+](=O)[O-])cc1)C(N)=O. The molecule has 0 saturated carbocycles. The van der Waals surface area contributed by atoms with Crippen LogP contribution in [0.2, 0.25) is 0 Å². The van der Waals surface area contributed by atoms with Crippen molar-refractivity contribution in [3.8, 4) is 0 Å². The highest BCUT2D eigenvalue weighted by Crippen LogP contribution is 2.15. The molecule has 24 heavy (non-hydrogen) atoms. The van der Waals surface area contributed by atoms with E-state index in [0.29, 0.717) is 13.0 Å². The lowest BCUT2D eigenvalue weighted by molar-refractivity contribution is -0.384. The summed E-state index contributed by atoms with van der Waals surface area (Å²) in [6, 6.07) is 5.41. The molecule has 2 atom stereocenters. The van der Waals surface area contributed by atoms with Crippen LogP contribution in [0, 0.1) is 16.0 Å². The van der Waals surface area contributed by atoms with Gasteiger partial charge >= 0.3 is 0 Å². The zero-order valence-electron chi connectivity index (χ0n) is 14.0. The lowest BCUT2D eigenvalue weighted by Crippen LogP contribution is -2.48. The second-order valence-corrected chi connectivity index (χ2v) is 5.67. The van der Waals surface area contributed by atoms with E-state index in [0.717, 1.165) is 12.1 Å². The van der Waals surface area contributed by atoms with Gasteiger partial charge < -0.3 is 16.4 Å². The zero-order chi connectivity index (χ0) is 18.1. The summed E-state index contributed by atoms with van der Waals surface area (Å²) in [5, 5.41) is 16.3. The molecule has 0 radical (unpaired) electrons. The molecule has 0 saturated heterocycles. The number of primary amides is 1. The topological polar surface area (TPSA) is 127 Å². The van der Waals surface area contributed by atoms with Crippen molar-refractivity contribution in [2.45, 2.75) is 39.2 Å². The molecule has 8 nitrogen and oxygen atoms in total. The Morgan fingerprint density at radius 2 is 1.92 bits per heavy atom. The third kappa shape index (κ3) is 6.23. The monoisotopic (exact) mass is 336 g/mol. The predicted molar refractivity (Wildman–Crippen MR) is 91.4 cm³/mol. The van der Waals surface area contributed by atoms with Crippen LogP contribution in [-0.4, -0.2) is 29.3 Å². The largest absolute Gasteiger partial charge is 0.385 e.